The normalized spacial score (nSPS) is 9.40. The van der Waals surface area contributed by atoms with Crippen molar-refractivity contribution in [2.75, 3.05) is 12.6 Å². The summed E-state index contributed by atoms with van der Waals surface area (Å²) < 4.78 is 1.19. The largest absolute Gasteiger partial charge is 0.279 e. The Morgan fingerprint density at radius 3 is 2.90 bits per heavy atom. The van der Waals surface area contributed by atoms with Gasteiger partial charge in [-0.3, -0.25) is 10.3 Å². The summed E-state index contributed by atoms with van der Waals surface area (Å²) in [4.78, 5) is 4.73. The van der Waals surface area contributed by atoms with Gasteiger partial charge in [-0.05, 0) is 40.8 Å². The molecule has 1 N–H and O–H groups in total. The van der Waals surface area contributed by atoms with Crippen LogP contribution in [0.3, 0.4) is 0 Å². The number of hydrogen-bond donors (Lipinski definition) is 1. The van der Waals surface area contributed by atoms with E-state index in [0.29, 0.717) is 0 Å². The topological polar surface area (TPSA) is 21.3 Å². The maximum atomic E-state index is 4.73. The van der Waals surface area contributed by atoms with Crippen molar-refractivity contribution >= 4 is 28.3 Å². The molecule has 1 aromatic rings. The molecule has 0 saturated heterocycles. The number of halogens is 1. The van der Waals surface area contributed by atoms with Gasteiger partial charge in [0, 0.05) is 3.57 Å². The molecule has 0 aliphatic rings. The zero-order chi connectivity index (χ0) is 7.40. The van der Waals surface area contributed by atoms with Gasteiger partial charge in [0.25, 0.3) is 0 Å². The molecule has 0 saturated carbocycles. The van der Waals surface area contributed by atoms with Crippen LogP contribution < -0.4 is 5.48 Å². The molecule has 2 nitrogen and oxygen atoms in total. The smallest absolute Gasteiger partial charge is 0.0636 e. The molecule has 0 aliphatic carbocycles. The fourth-order valence-electron chi connectivity index (χ4n) is 0.670. The van der Waals surface area contributed by atoms with Crippen molar-refractivity contribution in [1.29, 1.82) is 0 Å². The Bertz CT molecular complexity index is 215. The average Bonchev–Trinajstić information content (AvgIpc) is 1.88. The lowest BCUT2D eigenvalue weighted by Gasteiger charge is -2.01. The first kappa shape index (κ1) is 7.81. The minimum Gasteiger partial charge on any atom is -0.279 e. The molecule has 0 spiro atoms. The van der Waals surface area contributed by atoms with Gasteiger partial charge >= 0.3 is 0 Å². The van der Waals surface area contributed by atoms with Crippen LogP contribution in [-0.2, 0) is 4.84 Å². The molecule has 0 bridgehead atoms. The Balaban J connectivity index is 2.75. The third-order valence-corrected chi connectivity index (χ3v) is 1.72. The minimum atomic E-state index is 0.981. The SMILES string of the molecule is CONc1cccc(I)c1. The van der Waals surface area contributed by atoms with E-state index in [2.05, 4.69) is 28.1 Å². The quantitative estimate of drug-likeness (QED) is 0.641. The summed E-state index contributed by atoms with van der Waals surface area (Å²) >= 11 is 2.25. The molecule has 0 aliphatic heterocycles. The molecule has 54 valence electrons. The van der Waals surface area contributed by atoms with Gasteiger partial charge in [0.05, 0.1) is 12.8 Å². The van der Waals surface area contributed by atoms with Crippen LogP contribution in [0.2, 0.25) is 0 Å². The molecule has 0 unspecified atom stereocenters. The number of nitrogens with one attached hydrogen (secondary N) is 1. The number of benzene rings is 1. The summed E-state index contributed by atoms with van der Waals surface area (Å²) in [6.07, 6.45) is 0. The van der Waals surface area contributed by atoms with Crippen LogP contribution in [0.25, 0.3) is 0 Å². The molecular weight excluding hydrogens is 241 g/mol. The molecule has 0 fully saturated rings. The van der Waals surface area contributed by atoms with Gasteiger partial charge in [0.1, 0.15) is 0 Å². The van der Waals surface area contributed by atoms with Crippen LogP contribution >= 0.6 is 22.6 Å². The van der Waals surface area contributed by atoms with Crippen molar-refractivity contribution < 1.29 is 4.84 Å². The molecule has 0 amide bonds. The van der Waals surface area contributed by atoms with Crippen LogP contribution in [0.4, 0.5) is 5.69 Å². The molecule has 0 heterocycles. The number of rotatable bonds is 2. The van der Waals surface area contributed by atoms with E-state index in [-0.39, 0.29) is 0 Å². The molecule has 1 rings (SSSR count). The van der Waals surface area contributed by atoms with E-state index in [1.165, 1.54) is 3.57 Å². The fraction of sp³-hybridized carbons (Fsp3) is 0.143. The standard InChI is InChI=1S/C7H8INO/c1-10-9-7-4-2-3-6(8)5-7/h2-5,9H,1H3. The number of anilines is 1. The molecule has 0 radical (unpaired) electrons. The van der Waals surface area contributed by atoms with Crippen LogP contribution in [0.1, 0.15) is 0 Å². The summed E-state index contributed by atoms with van der Waals surface area (Å²) in [5.41, 5.74) is 3.72. The van der Waals surface area contributed by atoms with Crippen LogP contribution in [-0.4, -0.2) is 7.11 Å². The first-order valence-electron chi connectivity index (χ1n) is 2.87. The van der Waals surface area contributed by atoms with E-state index in [9.17, 15) is 0 Å². The Labute approximate surface area is 73.7 Å². The van der Waals surface area contributed by atoms with E-state index in [0.717, 1.165) is 5.69 Å². The van der Waals surface area contributed by atoms with Gasteiger partial charge in [0.2, 0.25) is 0 Å². The van der Waals surface area contributed by atoms with Gasteiger partial charge in [0.15, 0.2) is 0 Å². The zero-order valence-corrected chi connectivity index (χ0v) is 7.75. The Hall–Kier alpha value is -0.290. The molecular formula is C7H8INO. The second-order valence-corrected chi connectivity index (χ2v) is 3.06. The highest BCUT2D eigenvalue weighted by Crippen LogP contribution is 2.11. The summed E-state index contributed by atoms with van der Waals surface area (Å²) in [6.45, 7) is 0. The molecule has 1 aromatic carbocycles. The lowest BCUT2D eigenvalue weighted by atomic mass is 10.3. The van der Waals surface area contributed by atoms with E-state index in [1.54, 1.807) is 7.11 Å². The molecule has 10 heavy (non-hydrogen) atoms. The first-order chi connectivity index (χ1) is 4.83. The highest BCUT2D eigenvalue weighted by Gasteiger charge is 1.88. The summed E-state index contributed by atoms with van der Waals surface area (Å²) in [5, 5.41) is 0. The zero-order valence-electron chi connectivity index (χ0n) is 5.60. The number of hydrogen-bond acceptors (Lipinski definition) is 2. The minimum absolute atomic E-state index is 0.981. The van der Waals surface area contributed by atoms with Crippen molar-refractivity contribution in [3.05, 3.63) is 27.8 Å². The Morgan fingerprint density at radius 2 is 2.30 bits per heavy atom. The van der Waals surface area contributed by atoms with Gasteiger partial charge in [-0.1, -0.05) is 6.07 Å². The highest BCUT2D eigenvalue weighted by molar-refractivity contribution is 14.1. The maximum absolute atomic E-state index is 4.73. The van der Waals surface area contributed by atoms with E-state index < -0.39 is 0 Å². The van der Waals surface area contributed by atoms with Crippen LogP contribution in [0.5, 0.6) is 0 Å². The second kappa shape index (κ2) is 3.78. The average molecular weight is 249 g/mol. The van der Waals surface area contributed by atoms with Crippen molar-refractivity contribution in [2.45, 2.75) is 0 Å². The lowest BCUT2D eigenvalue weighted by Crippen LogP contribution is -1.94. The second-order valence-electron chi connectivity index (χ2n) is 1.82. The predicted octanol–water partition coefficient (Wildman–Crippen LogP) is 2.26. The third kappa shape index (κ3) is 2.15. The van der Waals surface area contributed by atoms with Crippen molar-refractivity contribution in [3.63, 3.8) is 0 Å². The predicted molar refractivity (Wildman–Crippen MR) is 49.8 cm³/mol. The van der Waals surface area contributed by atoms with Crippen molar-refractivity contribution in [3.8, 4) is 0 Å². The fourth-order valence-corrected chi connectivity index (χ4v) is 1.21. The highest BCUT2D eigenvalue weighted by atomic mass is 127. The monoisotopic (exact) mass is 249 g/mol. The molecule has 0 aromatic heterocycles. The lowest BCUT2D eigenvalue weighted by molar-refractivity contribution is 0.271. The molecule has 0 atom stereocenters. The van der Waals surface area contributed by atoms with E-state index in [4.69, 9.17) is 4.84 Å². The van der Waals surface area contributed by atoms with Crippen molar-refractivity contribution in [1.82, 2.24) is 0 Å². The third-order valence-electron chi connectivity index (χ3n) is 1.04. The van der Waals surface area contributed by atoms with Gasteiger partial charge in [-0.25, -0.2) is 0 Å². The summed E-state index contributed by atoms with van der Waals surface area (Å²) in [6, 6.07) is 7.96. The van der Waals surface area contributed by atoms with Gasteiger partial charge in [-0.2, -0.15) is 0 Å². The van der Waals surface area contributed by atoms with Crippen molar-refractivity contribution in [2.24, 2.45) is 0 Å². The Kier molecular flexibility index (Phi) is 2.95. The molecule has 3 heteroatoms. The van der Waals surface area contributed by atoms with Crippen LogP contribution in [0.15, 0.2) is 24.3 Å². The summed E-state index contributed by atoms with van der Waals surface area (Å²) in [5.74, 6) is 0. The van der Waals surface area contributed by atoms with Gasteiger partial charge < -0.3 is 0 Å². The van der Waals surface area contributed by atoms with Crippen LogP contribution in [0, 0.1) is 3.57 Å². The van der Waals surface area contributed by atoms with E-state index >= 15 is 0 Å². The maximum Gasteiger partial charge on any atom is 0.0636 e. The first-order valence-corrected chi connectivity index (χ1v) is 3.95. The Morgan fingerprint density at radius 1 is 1.50 bits per heavy atom. The van der Waals surface area contributed by atoms with Gasteiger partial charge in [-0.15, -0.1) is 0 Å². The van der Waals surface area contributed by atoms with E-state index in [1.807, 2.05) is 24.3 Å². The summed E-state index contributed by atoms with van der Waals surface area (Å²) in [7, 11) is 1.60.